The molecule has 1 fully saturated rings. The van der Waals surface area contributed by atoms with Crippen LogP contribution in [0, 0.1) is 0 Å². The van der Waals surface area contributed by atoms with Crippen molar-refractivity contribution in [1.29, 1.82) is 0 Å². The number of ether oxygens (including phenoxy) is 1. The zero-order valence-corrected chi connectivity index (χ0v) is 14.9. The fraction of sp³-hybridized carbons (Fsp3) is 0.438. The van der Waals surface area contributed by atoms with Crippen LogP contribution in [0.1, 0.15) is 30.3 Å². The quantitative estimate of drug-likeness (QED) is 0.829. The van der Waals surface area contributed by atoms with E-state index in [-0.39, 0.29) is 17.6 Å². The van der Waals surface area contributed by atoms with Crippen LogP contribution in [0.4, 0.5) is 5.82 Å². The van der Waals surface area contributed by atoms with Gasteiger partial charge in [0.2, 0.25) is 5.91 Å². The van der Waals surface area contributed by atoms with Gasteiger partial charge in [-0.2, -0.15) is 0 Å². The third-order valence-electron chi connectivity index (χ3n) is 4.04. The number of piperidine rings is 1. The molecule has 1 amide bonds. The molecule has 8 nitrogen and oxygen atoms in total. The van der Waals surface area contributed by atoms with E-state index in [1.165, 1.54) is 18.4 Å². The number of carbonyl (C=O) groups is 2. The van der Waals surface area contributed by atoms with E-state index in [9.17, 15) is 9.59 Å². The molecule has 0 aliphatic carbocycles. The molecule has 0 unspecified atom stereocenters. The lowest BCUT2D eigenvalue weighted by atomic mass is 10.1. The molecule has 1 saturated heterocycles. The Kier molecular flexibility index (Phi) is 5.22. The van der Waals surface area contributed by atoms with Gasteiger partial charge in [-0.15, -0.1) is 11.3 Å². The predicted molar refractivity (Wildman–Crippen MR) is 93.4 cm³/mol. The minimum atomic E-state index is -0.519. The highest BCUT2D eigenvalue weighted by molar-refractivity contribution is 7.13. The first-order valence-corrected chi connectivity index (χ1v) is 8.84. The molecule has 2 aromatic rings. The average Bonchev–Trinajstić information content (AvgIpc) is 3.16. The molecule has 2 aromatic heterocycles. The lowest BCUT2D eigenvalue weighted by Crippen LogP contribution is -2.41. The van der Waals surface area contributed by atoms with Crippen LogP contribution in [0.2, 0.25) is 0 Å². The molecule has 0 aromatic carbocycles. The van der Waals surface area contributed by atoms with Gasteiger partial charge in [0.1, 0.15) is 5.82 Å². The van der Waals surface area contributed by atoms with Crippen molar-refractivity contribution in [2.75, 3.05) is 25.5 Å². The van der Waals surface area contributed by atoms with Crippen molar-refractivity contribution in [3.8, 4) is 10.8 Å². The molecule has 9 heteroatoms. The van der Waals surface area contributed by atoms with Crippen molar-refractivity contribution < 1.29 is 14.3 Å². The minimum Gasteiger partial charge on any atom is -0.464 e. The van der Waals surface area contributed by atoms with Crippen LogP contribution in [0.5, 0.6) is 0 Å². The Balaban J connectivity index is 1.80. The molecular weight excluding hydrogens is 342 g/mol. The highest BCUT2D eigenvalue weighted by Gasteiger charge is 2.22. The van der Waals surface area contributed by atoms with Crippen LogP contribution >= 0.6 is 11.3 Å². The molecule has 0 spiro atoms. The smallest absolute Gasteiger partial charge is 0.356 e. The van der Waals surface area contributed by atoms with Gasteiger partial charge in [-0.3, -0.25) is 4.79 Å². The number of likely N-dealkylation sites (tertiary alicyclic amines) is 1. The van der Waals surface area contributed by atoms with Gasteiger partial charge < -0.3 is 15.0 Å². The molecule has 0 radical (unpaired) electrons. The number of hydrogen-bond donors (Lipinski definition) is 1. The van der Waals surface area contributed by atoms with Crippen molar-refractivity contribution >= 4 is 29.0 Å². The molecular formula is C16H19N5O3S. The lowest BCUT2D eigenvalue weighted by Gasteiger charge is -2.32. The summed E-state index contributed by atoms with van der Waals surface area (Å²) < 4.78 is 4.78. The number of nitrogens with zero attached hydrogens (tertiary/aromatic N) is 4. The van der Waals surface area contributed by atoms with E-state index < -0.39 is 5.97 Å². The zero-order chi connectivity index (χ0) is 17.8. The van der Waals surface area contributed by atoms with Gasteiger partial charge in [-0.25, -0.2) is 19.7 Å². The summed E-state index contributed by atoms with van der Waals surface area (Å²) in [5, 5.41) is 5.81. The SMILES string of the molecule is COC(=O)c1cc(NC2CCN(C(C)=O)CC2)nc(-c2nccs2)n1. The number of carbonyl (C=O) groups excluding carboxylic acids is 2. The summed E-state index contributed by atoms with van der Waals surface area (Å²) in [4.78, 5) is 38.1. The van der Waals surface area contributed by atoms with Gasteiger partial charge in [-0.1, -0.05) is 0 Å². The van der Waals surface area contributed by atoms with Crippen LogP contribution in [0.15, 0.2) is 17.6 Å². The van der Waals surface area contributed by atoms with Crippen molar-refractivity contribution in [3.63, 3.8) is 0 Å². The standard InChI is InChI=1S/C16H19N5O3S/c1-10(22)21-6-3-11(4-7-21)18-13-9-12(16(23)24-2)19-14(20-13)15-17-5-8-25-15/h5,8-9,11H,3-4,6-7H2,1-2H3,(H,18,19,20). The normalized spacial score (nSPS) is 15.0. The number of anilines is 1. The predicted octanol–water partition coefficient (Wildman–Crippen LogP) is 1.81. The van der Waals surface area contributed by atoms with Crippen molar-refractivity contribution in [3.05, 3.63) is 23.3 Å². The maximum Gasteiger partial charge on any atom is 0.356 e. The van der Waals surface area contributed by atoms with Crippen LogP contribution in [0.25, 0.3) is 10.8 Å². The summed E-state index contributed by atoms with van der Waals surface area (Å²) in [5.41, 5.74) is 0.186. The first kappa shape index (κ1) is 17.3. The van der Waals surface area contributed by atoms with Crippen LogP contribution in [0.3, 0.4) is 0 Å². The Bertz CT molecular complexity index is 757. The zero-order valence-electron chi connectivity index (χ0n) is 14.1. The summed E-state index contributed by atoms with van der Waals surface area (Å²) in [5.74, 6) is 0.526. The van der Waals surface area contributed by atoms with Crippen LogP contribution in [-0.4, -0.2) is 58.0 Å². The second-order valence-corrected chi connectivity index (χ2v) is 6.61. The first-order valence-electron chi connectivity index (χ1n) is 7.96. The molecule has 0 atom stereocenters. The largest absolute Gasteiger partial charge is 0.464 e. The molecule has 0 saturated carbocycles. The average molecular weight is 361 g/mol. The van der Waals surface area contributed by atoms with Gasteiger partial charge in [-0.05, 0) is 12.8 Å². The van der Waals surface area contributed by atoms with E-state index in [0.29, 0.717) is 29.7 Å². The second-order valence-electron chi connectivity index (χ2n) is 5.72. The highest BCUT2D eigenvalue weighted by atomic mass is 32.1. The number of thiazole rings is 1. The number of methoxy groups -OCH3 is 1. The molecule has 3 rings (SSSR count). The van der Waals surface area contributed by atoms with E-state index in [1.807, 2.05) is 10.3 Å². The number of nitrogens with one attached hydrogen (secondary N) is 1. The maximum atomic E-state index is 11.9. The summed E-state index contributed by atoms with van der Waals surface area (Å²) in [7, 11) is 1.32. The van der Waals surface area contributed by atoms with Crippen molar-refractivity contribution in [2.45, 2.75) is 25.8 Å². The molecule has 1 aliphatic rings. The maximum absolute atomic E-state index is 11.9. The van der Waals surface area contributed by atoms with Crippen molar-refractivity contribution in [2.24, 2.45) is 0 Å². The first-order chi connectivity index (χ1) is 12.1. The van der Waals surface area contributed by atoms with E-state index in [4.69, 9.17) is 4.74 Å². The number of esters is 1. The lowest BCUT2D eigenvalue weighted by molar-refractivity contribution is -0.129. The number of hydrogen-bond acceptors (Lipinski definition) is 8. The van der Waals surface area contributed by atoms with Crippen molar-refractivity contribution in [1.82, 2.24) is 19.9 Å². The Morgan fingerprint density at radius 1 is 1.32 bits per heavy atom. The molecule has 0 bridgehead atoms. The Morgan fingerprint density at radius 2 is 2.08 bits per heavy atom. The summed E-state index contributed by atoms with van der Waals surface area (Å²) in [6.07, 6.45) is 3.31. The van der Waals surface area contributed by atoms with E-state index in [1.54, 1.807) is 19.2 Å². The summed E-state index contributed by atoms with van der Waals surface area (Å²) >= 11 is 1.40. The minimum absolute atomic E-state index is 0.0968. The third kappa shape index (κ3) is 4.11. The van der Waals surface area contributed by atoms with Gasteiger partial charge >= 0.3 is 5.97 Å². The molecule has 132 valence electrons. The summed E-state index contributed by atoms with van der Waals surface area (Å²) in [6.45, 7) is 3.00. The van der Waals surface area contributed by atoms with E-state index in [0.717, 1.165) is 12.8 Å². The van der Waals surface area contributed by atoms with E-state index >= 15 is 0 Å². The molecule has 25 heavy (non-hydrogen) atoms. The van der Waals surface area contributed by atoms with Gasteiger partial charge in [0.05, 0.1) is 7.11 Å². The Morgan fingerprint density at radius 3 is 2.68 bits per heavy atom. The molecule has 3 heterocycles. The van der Waals surface area contributed by atoms with Crippen LogP contribution < -0.4 is 5.32 Å². The van der Waals surface area contributed by atoms with Crippen LogP contribution in [-0.2, 0) is 9.53 Å². The number of rotatable bonds is 4. The number of aromatic nitrogens is 3. The third-order valence-corrected chi connectivity index (χ3v) is 4.81. The Labute approximate surface area is 149 Å². The fourth-order valence-corrected chi connectivity index (χ4v) is 3.28. The molecule has 1 N–H and O–H groups in total. The van der Waals surface area contributed by atoms with E-state index in [2.05, 4.69) is 20.3 Å². The monoisotopic (exact) mass is 361 g/mol. The topological polar surface area (TPSA) is 97.3 Å². The number of amides is 1. The van der Waals surface area contributed by atoms with Gasteiger partial charge in [0.25, 0.3) is 0 Å². The fourth-order valence-electron chi connectivity index (χ4n) is 2.71. The Hall–Kier alpha value is -2.55. The van der Waals surface area contributed by atoms with Gasteiger partial charge in [0, 0.05) is 43.7 Å². The summed E-state index contributed by atoms with van der Waals surface area (Å²) in [6, 6.07) is 1.76. The van der Waals surface area contributed by atoms with Gasteiger partial charge in [0.15, 0.2) is 16.5 Å². The molecule has 1 aliphatic heterocycles. The second kappa shape index (κ2) is 7.56. The highest BCUT2D eigenvalue weighted by Crippen LogP contribution is 2.22.